The first-order chi connectivity index (χ1) is 17.2. The van der Waals surface area contributed by atoms with Crippen molar-refractivity contribution in [2.24, 2.45) is 0 Å². The SMILES string of the molecule is COc1cccc2oc(-c3c(CCC(=O)O)[nH]c4c(-c5ccccc5)c(C(F)(F)F)nn4c3=O)nc12. The fraction of sp³-hybridized carbons (Fsp3) is 0.167. The molecular weight excluding hydrogens is 481 g/mol. The average Bonchev–Trinajstić information content (AvgIpc) is 3.45. The summed E-state index contributed by atoms with van der Waals surface area (Å²) in [6.07, 6.45) is -5.47. The molecule has 0 unspecified atom stereocenters. The van der Waals surface area contributed by atoms with Gasteiger partial charge in [0.15, 0.2) is 16.8 Å². The Morgan fingerprint density at radius 1 is 1.14 bits per heavy atom. The molecule has 5 rings (SSSR count). The average molecular weight is 498 g/mol. The fourth-order valence-electron chi connectivity index (χ4n) is 4.03. The topological polar surface area (TPSA) is 123 Å². The summed E-state index contributed by atoms with van der Waals surface area (Å²) in [5.41, 5.74) is -2.19. The van der Waals surface area contributed by atoms with Crippen molar-refractivity contribution >= 4 is 22.7 Å². The van der Waals surface area contributed by atoms with Crippen molar-refractivity contribution < 1.29 is 32.2 Å². The highest BCUT2D eigenvalue weighted by Gasteiger charge is 2.39. The molecule has 3 aromatic heterocycles. The van der Waals surface area contributed by atoms with E-state index in [0.717, 1.165) is 0 Å². The van der Waals surface area contributed by atoms with Crippen molar-refractivity contribution in [1.82, 2.24) is 19.6 Å². The Morgan fingerprint density at radius 2 is 1.89 bits per heavy atom. The number of ether oxygens (including phenoxy) is 1. The quantitative estimate of drug-likeness (QED) is 0.352. The zero-order valence-corrected chi connectivity index (χ0v) is 18.6. The lowest BCUT2D eigenvalue weighted by molar-refractivity contribution is -0.141. The lowest BCUT2D eigenvalue weighted by Crippen LogP contribution is -2.21. The van der Waals surface area contributed by atoms with Crippen LogP contribution < -0.4 is 10.3 Å². The van der Waals surface area contributed by atoms with Crippen LogP contribution in [-0.4, -0.2) is 37.8 Å². The zero-order valence-electron chi connectivity index (χ0n) is 18.6. The molecule has 3 heterocycles. The molecule has 0 aliphatic rings. The van der Waals surface area contributed by atoms with Gasteiger partial charge in [-0.1, -0.05) is 36.4 Å². The molecule has 0 aliphatic carbocycles. The Hall–Kier alpha value is -4.61. The number of carbonyl (C=O) groups is 1. The van der Waals surface area contributed by atoms with Crippen LogP contribution in [0.5, 0.6) is 5.75 Å². The molecule has 184 valence electrons. The van der Waals surface area contributed by atoms with Gasteiger partial charge in [-0.15, -0.1) is 0 Å². The number of halogens is 3. The number of benzene rings is 2. The van der Waals surface area contributed by atoms with Gasteiger partial charge in [-0.2, -0.15) is 22.8 Å². The number of aromatic nitrogens is 4. The zero-order chi connectivity index (χ0) is 25.6. The number of methoxy groups -OCH3 is 1. The molecule has 0 radical (unpaired) electrons. The predicted octanol–water partition coefficient (Wildman–Crippen LogP) is 4.54. The van der Waals surface area contributed by atoms with Gasteiger partial charge in [0.25, 0.3) is 5.56 Å². The van der Waals surface area contributed by atoms with Gasteiger partial charge < -0.3 is 19.2 Å². The van der Waals surface area contributed by atoms with Gasteiger partial charge in [0, 0.05) is 5.69 Å². The van der Waals surface area contributed by atoms with Crippen molar-refractivity contribution in [3.63, 3.8) is 0 Å². The van der Waals surface area contributed by atoms with E-state index in [1.165, 1.54) is 19.2 Å². The molecule has 9 nitrogen and oxygen atoms in total. The lowest BCUT2D eigenvalue weighted by atomic mass is 10.0. The number of aromatic amines is 1. The molecule has 12 heteroatoms. The summed E-state index contributed by atoms with van der Waals surface area (Å²) < 4.78 is 53.6. The molecule has 2 N–H and O–H groups in total. The number of hydrogen-bond donors (Lipinski definition) is 2. The summed E-state index contributed by atoms with van der Waals surface area (Å²) in [5.74, 6) is -1.01. The number of oxazole rings is 1. The second-order valence-corrected chi connectivity index (χ2v) is 7.85. The molecule has 0 aliphatic heterocycles. The number of para-hydroxylation sites is 1. The predicted molar refractivity (Wildman–Crippen MR) is 122 cm³/mol. The maximum Gasteiger partial charge on any atom is 0.435 e. The molecule has 0 fully saturated rings. The molecule has 0 saturated carbocycles. The van der Waals surface area contributed by atoms with Gasteiger partial charge in [0.1, 0.15) is 17.0 Å². The fourth-order valence-corrected chi connectivity index (χ4v) is 4.03. The van der Waals surface area contributed by atoms with Crippen molar-refractivity contribution in [3.8, 4) is 28.3 Å². The standard InChI is InChI=1S/C24H17F3N4O5/c1-35-14-8-5-9-15-19(14)29-22(36-15)18-13(10-11-16(32)33)28-21-17(12-6-3-2-4-7-12)20(24(25,26)27)30-31(21)23(18)34/h2-9,28H,10-11H2,1H3,(H,32,33). The van der Waals surface area contributed by atoms with Crippen LogP contribution in [-0.2, 0) is 17.4 Å². The molecule has 2 aromatic carbocycles. The molecule has 0 amide bonds. The van der Waals surface area contributed by atoms with E-state index in [1.807, 2.05) is 0 Å². The largest absolute Gasteiger partial charge is 0.494 e. The van der Waals surface area contributed by atoms with Crippen LogP contribution in [0.15, 0.2) is 57.7 Å². The smallest absolute Gasteiger partial charge is 0.435 e. The number of nitrogens with zero attached hydrogens (tertiary/aromatic N) is 3. The first-order valence-electron chi connectivity index (χ1n) is 10.6. The number of nitrogens with one attached hydrogen (secondary N) is 1. The van der Waals surface area contributed by atoms with Gasteiger partial charge in [0.05, 0.1) is 19.1 Å². The minimum atomic E-state index is -4.87. The molecule has 36 heavy (non-hydrogen) atoms. The van der Waals surface area contributed by atoms with Crippen molar-refractivity contribution in [3.05, 3.63) is 70.3 Å². The molecular formula is C24H17F3N4O5. The Labute approximate surface area is 199 Å². The normalized spacial score (nSPS) is 11.9. The third kappa shape index (κ3) is 3.85. The van der Waals surface area contributed by atoms with E-state index in [2.05, 4.69) is 15.1 Å². The van der Waals surface area contributed by atoms with E-state index in [0.29, 0.717) is 15.8 Å². The Morgan fingerprint density at radius 3 is 2.56 bits per heavy atom. The Balaban J connectivity index is 1.85. The van der Waals surface area contributed by atoms with Crippen LogP contribution in [0.25, 0.3) is 39.3 Å². The number of aryl methyl sites for hydroxylation is 1. The number of carboxylic acids is 1. The summed E-state index contributed by atoms with van der Waals surface area (Å²) >= 11 is 0. The third-order valence-corrected chi connectivity index (χ3v) is 5.60. The molecule has 0 spiro atoms. The number of alkyl halides is 3. The van der Waals surface area contributed by atoms with E-state index in [9.17, 15) is 27.9 Å². The second kappa shape index (κ2) is 8.56. The molecule has 0 atom stereocenters. The van der Waals surface area contributed by atoms with Crippen molar-refractivity contribution in [2.75, 3.05) is 7.11 Å². The second-order valence-electron chi connectivity index (χ2n) is 7.85. The Bertz CT molecular complexity index is 1670. The summed E-state index contributed by atoms with van der Waals surface area (Å²) in [5, 5.41) is 12.8. The van der Waals surface area contributed by atoms with E-state index < -0.39 is 29.8 Å². The Kier molecular flexibility index (Phi) is 5.50. The van der Waals surface area contributed by atoms with Crippen molar-refractivity contribution in [1.29, 1.82) is 0 Å². The van der Waals surface area contributed by atoms with Gasteiger partial charge >= 0.3 is 12.1 Å². The van der Waals surface area contributed by atoms with E-state index in [-0.39, 0.29) is 45.9 Å². The summed E-state index contributed by atoms with van der Waals surface area (Å²) in [4.78, 5) is 32.0. The molecule has 0 saturated heterocycles. The van der Waals surface area contributed by atoms with Crippen molar-refractivity contribution in [2.45, 2.75) is 19.0 Å². The van der Waals surface area contributed by atoms with E-state index in [1.54, 1.807) is 36.4 Å². The highest BCUT2D eigenvalue weighted by molar-refractivity contribution is 5.84. The van der Waals surface area contributed by atoms with Crippen LogP contribution in [0.4, 0.5) is 13.2 Å². The monoisotopic (exact) mass is 498 g/mol. The number of hydrogen-bond acceptors (Lipinski definition) is 6. The van der Waals surface area contributed by atoms with Crippen LogP contribution in [0.1, 0.15) is 17.8 Å². The lowest BCUT2D eigenvalue weighted by Gasteiger charge is -2.09. The molecule has 5 aromatic rings. The first kappa shape index (κ1) is 23.1. The van der Waals surface area contributed by atoms with Gasteiger partial charge in [-0.05, 0) is 24.1 Å². The van der Waals surface area contributed by atoms with Gasteiger partial charge in [-0.3, -0.25) is 9.59 Å². The number of aliphatic carboxylic acids is 1. The van der Waals surface area contributed by atoms with Crippen LogP contribution in [0.3, 0.4) is 0 Å². The van der Waals surface area contributed by atoms with Crippen LogP contribution in [0, 0.1) is 0 Å². The van der Waals surface area contributed by atoms with Crippen LogP contribution >= 0.6 is 0 Å². The summed E-state index contributed by atoms with van der Waals surface area (Å²) in [6, 6.07) is 12.5. The maximum absolute atomic E-state index is 14.0. The first-order valence-corrected chi connectivity index (χ1v) is 10.6. The number of H-pyrrole nitrogens is 1. The maximum atomic E-state index is 14.0. The summed E-state index contributed by atoms with van der Waals surface area (Å²) in [6.45, 7) is 0. The van der Waals surface area contributed by atoms with Crippen LogP contribution in [0.2, 0.25) is 0 Å². The minimum Gasteiger partial charge on any atom is -0.494 e. The third-order valence-electron chi connectivity index (χ3n) is 5.60. The highest BCUT2D eigenvalue weighted by atomic mass is 19.4. The van der Waals surface area contributed by atoms with Gasteiger partial charge in [-0.25, -0.2) is 4.98 Å². The number of fused-ring (bicyclic) bond motifs is 2. The number of rotatable bonds is 6. The summed E-state index contributed by atoms with van der Waals surface area (Å²) in [7, 11) is 1.42. The number of carboxylic acid groups (broad SMARTS) is 1. The van der Waals surface area contributed by atoms with E-state index >= 15 is 0 Å². The minimum absolute atomic E-state index is 0.0474. The van der Waals surface area contributed by atoms with E-state index in [4.69, 9.17) is 9.15 Å². The molecule has 0 bridgehead atoms. The van der Waals surface area contributed by atoms with Gasteiger partial charge in [0.2, 0.25) is 5.89 Å². The highest BCUT2D eigenvalue weighted by Crippen LogP contribution is 2.39.